The van der Waals surface area contributed by atoms with E-state index in [9.17, 15) is 28.2 Å². The van der Waals surface area contributed by atoms with Crippen molar-refractivity contribution in [1.82, 2.24) is 15.5 Å². The summed E-state index contributed by atoms with van der Waals surface area (Å²) in [5.41, 5.74) is 7.29. The van der Waals surface area contributed by atoms with Crippen molar-refractivity contribution in [3.63, 3.8) is 0 Å². The zero-order valence-corrected chi connectivity index (χ0v) is 13.4. The first kappa shape index (κ1) is 17.1. The lowest BCUT2D eigenvalue weighted by atomic mass is 9.89. The normalized spacial score (nSPS) is 36.4. The van der Waals surface area contributed by atoms with E-state index in [2.05, 4.69) is 20.6 Å². The van der Waals surface area contributed by atoms with Crippen molar-refractivity contribution in [2.45, 2.75) is 42.6 Å². The average molecular weight is 377 g/mol. The molecule has 0 aromatic carbocycles. The molecule has 144 valence electrons. The fourth-order valence-corrected chi connectivity index (χ4v) is 3.99. The highest BCUT2D eigenvalue weighted by Gasteiger charge is 2.74. The number of nitrogens with one attached hydrogen (secondary N) is 2. The topological polar surface area (TPSA) is 162 Å². The van der Waals surface area contributed by atoms with Gasteiger partial charge in [-0.15, -0.1) is 0 Å². The maximum atomic E-state index is 13.2. The van der Waals surface area contributed by atoms with Gasteiger partial charge in [0.15, 0.2) is 17.6 Å². The SMILES string of the molecule is NC1=NC2CN=C(N)N3CC(NC(=O)C4(C(F)(F)F)CC4)C(O)(O)C23N1. The van der Waals surface area contributed by atoms with Gasteiger partial charge in [-0.3, -0.25) is 9.79 Å². The van der Waals surface area contributed by atoms with Crippen LogP contribution in [-0.4, -0.2) is 75.7 Å². The number of nitrogens with two attached hydrogens (primary N) is 2. The van der Waals surface area contributed by atoms with E-state index < -0.39 is 41.0 Å². The summed E-state index contributed by atoms with van der Waals surface area (Å²) < 4.78 is 39.5. The number of carbonyl (C=O) groups excluding carboxylic acids is 1. The van der Waals surface area contributed by atoms with E-state index in [1.54, 1.807) is 0 Å². The molecule has 0 radical (unpaired) electrons. The Morgan fingerprint density at radius 1 is 1.35 bits per heavy atom. The first-order chi connectivity index (χ1) is 12.0. The number of guanidine groups is 2. The molecular formula is C13H18F3N7O3. The van der Waals surface area contributed by atoms with Gasteiger partial charge < -0.3 is 37.2 Å². The van der Waals surface area contributed by atoms with Crippen molar-refractivity contribution in [3.05, 3.63) is 0 Å². The molecule has 2 fully saturated rings. The highest BCUT2D eigenvalue weighted by molar-refractivity contribution is 5.89. The van der Waals surface area contributed by atoms with Crippen LogP contribution in [0.3, 0.4) is 0 Å². The van der Waals surface area contributed by atoms with Crippen LogP contribution >= 0.6 is 0 Å². The number of halogens is 3. The zero-order valence-electron chi connectivity index (χ0n) is 13.4. The van der Waals surface area contributed by atoms with Gasteiger partial charge in [-0.25, -0.2) is 4.99 Å². The highest BCUT2D eigenvalue weighted by atomic mass is 19.4. The standard InChI is InChI=1S/C13H18F3N7O3/c14-13(15,16)10(1-2-10)7(24)20-6-4-23-9(18)19-3-5-11(23,12(6,25)26)22-8(17)21-5/h5-6,25-26H,1-4H2,(H2,18,19)(H,20,24)(H3,17,21,22). The van der Waals surface area contributed by atoms with Gasteiger partial charge in [0.1, 0.15) is 17.5 Å². The van der Waals surface area contributed by atoms with Crippen LogP contribution in [0.15, 0.2) is 9.98 Å². The molecule has 1 saturated heterocycles. The van der Waals surface area contributed by atoms with Crippen LogP contribution in [0.2, 0.25) is 0 Å². The van der Waals surface area contributed by atoms with Gasteiger partial charge in [0, 0.05) is 6.54 Å². The van der Waals surface area contributed by atoms with Crippen LogP contribution in [0.1, 0.15) is 12.8 Å². The number of aliphatic imine (C=N–C) groups is 2. The van der Waals surface area contributed by atoms with E-state index in [0.29, 0.717) is 0 Å². The minimum absolute atomic E-state index is 0.00601. The summed E-state index contributed by atoms with van der Waals surface area (Å²) >= 11 is 0. The lowest BCUT2D eigenvalue weighted by molar-refractivity contribution is -0.232. The quantitative estimate of drug-likeness (QED) is 0.282. The Hall–Kier alpha value is -2.28. The number of aliphatic hydroxyl groups is 2. The molecule has 8 N–H and O–H groups in total. The summed E-state index contributed by atoms with van der Waals surface area (Å²) in [5.74, 6) is -4.13. The van der Waals surface area contributed by atoms with Crippen LogP contribution in [0.25, 0.3) is 0 Å². The highest BCUT2D eigenvalue weighted by Crippen LogP contribution is 2.58. The number of amides is 1. The van der Waals surface area contributed by atoms with E-state index in [4.69, 9.17) is 11.5 Å². The van der Waals surface area contributed by atoms with E-state index >= 15 is 0 Å². The van der Waals surface area contributed by atoms with Crippen LogP contribution < -0.4 is 22.1 Å². The van der Waals surface area contributed by atoms with Gasteiger partial charge in [-0.2, -0.15) is 13.2 Å². The number of hydrogen-bond donors (Lipinski definition) is 6. The maximum Gasteiger partial charge on any atom is 0.403 e. The predicted octanol–water partition coefficient (Wildman–Crippen LogP) is -2.88. The fraction of sp³-hybridized carbons (Fsp3) is 0.769. The lowest BCUT2D eigenvalue weighted by Crippen LogP contribution is -2.76. The fourth-order valence-electron chi connectivity index (χ4n) is 3.99. The Labute approximate surface area is 145 Å². The summed E-state index contributed by atoms with van der Waals surface area (Å²) in [7, 11) is 0. The largest absolute Gasteiger partial charge is 0.403 e. The second-order valence-electron chi connectivity index (χ2n) is 7.06. The molecule has 1 saturated carbocycles. The van der Waals surface area contributed by atoms with Gasteiger partial charge >= 0.3 is 6.18 Å². The molecule has 13 heteroatoms. The second-order valence-corrected chi connectivity index (χ2v) is 7.06. The Kier molecular flexibility index (Phi) is 3.10. The number of hydrogen-bond acceptors (Lipinski definition) is 9. The molecule has 0 aromatic heterocycles. The maximum absolute atomic E-state index is 13.2. The molecule has 3 aliphatic heterocycles. The minimum Gasteiger partial charge on any atom is -0.370 e. The second kappa shape index (κ2) is 4.71. The summed E-state index contributed by atoms with van der Waals surface area (Å²) in [6.07, 6.45) is -5.39. The number of alkyl halides is 3. The monoisotopic (exact) mass is 377 g/mol. The summed E-state index contributed by atoms with van der Waals surface area (Å²) in [5, 5.41) is 26.4. The third-order valence-electron chi connectivity index (χ3n) is 5.67. The van der Waals surface area contributed by atoms with Crippen LogP contribution in [-0.2, 0) is 4.79 Å². The smallest absolute Gasteiger partial charge is 0.370 e. The molecule has 4 aliphatic rings. The molecule has 3 unspecified atom stereocenters. The van der Waals surface area contributed by atoms with Crippen molar-refractivity contribution in [1.29, 1.82) is 0 Å². The van der Waals surface area contributed by atoms with Crippen molar-refractivity contribution < 1.29 is 28.2 Å². The molecule has 3 heterocycles. The average Bonchev–Trinajstić information content (AvgIpc) is 3.22. The summed E-state index contributed by atoms with van der Waals surface area (Å²) in [6.45, 7) is -0.264. The molecular weight excluding hydrogens is 359 g/mol. The number of carbonyl (C=O) groups is 1. The Morgan fingerprint density at radius 3 is 2.58 bits per heavy atom. The van der Waals surface area contributed by atoms with Crippen LogP contribution in [0, 0.1) is 5.41 Å². The molecule has 0 bridgehead atoms. The molecule has 0 aromatic rings. The van der Waals surface area contributed by atoms with Crippen molar-refractivity contribution >= 4 is 17.8 Å². The number of rotatable bonds is 2. The molecule has 3 atom stereocenters. The van der Waals surface area contributed by atoms with Gasteiger partial charge in [0.25, 0.3) is 0 Å². The van der Waals surface area contributed by atoms with Crippen molar-refractivity contribution in [2.75, 3.05) is 13.1 Å². The Morgan fingerprint density at radius 2 is 2.00 bits per heavy atom. The molecule has 10 nitrogen and oxygen atoms in total. The van der Waals surface area contributed by atoms with E-state index in [1.165, 1.54) is 4.90 Å². The zero-order chi connectivity index (χ0) is 19.1. The predicted molar refractivity (Wildman–Crippen MR) is 81.3 cm³/mol. The molecule has 4 rings (SSSR count). The lowest BCUT2D eigenvalue weighted by Gasteiger charge is -2.46. The Bertz CT molecular complexity index is 733. The third-order valence-corrected chi connectivity index (χ3v) is 5.67. The van der Waals surface area contributed by atoms with E-state index in [1.807, 2.05) is 0 Å². The first-order valence-corrected chi connectivity index (χ1v) is 7.97. The number of nitrogens with zero attached hydrogens (tertiary/aromatic N) is 3. The van der Waals surface area contributed by atoms with Gasteiger partial charge in [0.2, 0.25) is 11.7 Å². The van der Waals surface area contributed by atoms with Crippen LogP contribution in [0.4, 0.5) is 13.2 Å². The molecule has 1 amide bonds. The first-order valence-electron chi connectivity index (χ1n) is 7.97. The van der Waals surface area contributed by atoms with E-state index in [0.717, 1.165) is 0 Å². The van der Waals surface area contributed by atoms with E-state index in [-0.39, 0.29) is 37.9 Å². The van der Waals surface area contributed by atoms with Crippen LogP contribution in [0.5, 0.6) is 0 Å². The van der Waals surface area contributed by atoms with Gasteiger partial charge in [-0.1, -0.05) is 0 Å². The van der Waals surface area contributed by atoms with Gasteiger partial charge in [-0.05, 0) is 12.8 Å². The minimum atomic E-state index is -4.71. The van der Waals surface area contributed by atoms with Crippen molar-refractivity contribution in [2.24, 2.45) is 26.9 Å². The van der Waals surface area contributed by atoms with Crippen molar-refractivity contribution in [3.8, 4) is 0 Å². The molecule has 1 aliphatic carbocycles. The summed E-state index contributed by atoms with van der Waals surface area (Å²) in [6, 6.07) is -2.29. The third kappa shape index (κ3) is 1.86. The van der Waals surface area contributed by atoms with Gasteiger partial charge in [0.05, 0.1) is 6.54 Å². The Balaban J connectivity index is 1.65. The molecule has 26 heavy (non-hydrogen) atoms. The molecule has 1 spiro atoms. The summed E-state index contributed by atoms with van der Waals surface area (Å²) in [4.78, 5) is 21.6.